The van der Waals surface area contributed by atoms with E-state index in [0.29, 0.717) is 28.9 Å². The minimum atomic E-state index is -1.19. The first-order chi connectivity index (χ1) is 20.8. The summed E-state index contributed by atoms with van der Waals surface area (Å²) in [5.74, 6) is 0.0244. The zero-order valence-corrected chi connectivity index (χ0v) is 26.2. The molecule has 5 aliphatic heterocycles. The standard InChI is InChI=1S/C28H24N2O9S4/c1-29-25-24(32)30-23-17(12-28(30,27(29)34)41-43-42-40-25)14-37-9-8-20(23)39-26(33)16-5-7-19(36-3)22(11-16)38-21-10-15(13-31)4-6-18(21)35-2/h4-11,13-14,20,23,25H,12H2,1-3H3/t20-,23-,25+,28+/m0/s1. The summed E-state index contributed by atoms with van der Waals surface area (Å²) >= 11 is 0. The van der Waals surface area contributed by atoms with Gasteiger partial charge in [0.05, 0.1) is 38.3 Å². The fourth-order valence-electron chi connectivity index (χ4n) is 5.32. The Labute approximate surface area is 261 Å². The largest absolute Gasteiger partial charge is 0.493 e. The van der Waals surface area contributed by atoms with E-state index in [4.69, 9.17) is 23.7 Å². The van der Waals surface area contributed by atoms with Crippen LogP contribution in [0.5, 0.6) is 23.0 Å². The molecule has 0 aliphatic carbocycles. The minimum Gasteiger partial charge on any atom is -0.493 e. The van der Waals surface area contributed by atoms with Crippen molar-refractivity contribution in [2.75, 3.05) is 21.3 Å². The Hall–Kier alpha value is -3.40. The zero-order chi connectivity index (χ0) is 30.3. The van der Waals surface area contributed by atoms with Gasteiger partial charge in [-0.3, -0.25) is 14.4 Å². The number of amides is 2. The van der Waals surface area contributed by atoms with Crippen LogP contribution in [0.4, 0.5) is 0 Å². The summed E-state index contributed by atoms with van der Waals surface area (Å²) in [5.41, 5.74) is 1.19. The number of rotatable bonds is 7. The molecule has 15 heteroatoms. The van der Waals surface area contributed by atoms with Gasteiger partial charge in [0.25, 0.3) is 11.8 Å². The maximum absolute atomic E-state index is 13.8. The molecule has 2 amide bonds. The van der Waals surface area contributed by atoms with Crippen LogP contribution in [0.25, 0.3) is 0 Å². The van der Waals surface area contributed by atoms with Crippen LogP contribution in [-0.4, -0.2) is 77.5 Å². The van der Waals surface area contributed by atoms with Crippen molar-refractivity contribution in [2.45, 2.75) is 28.8 Å². The lowest BCUT2D eigenvalue weighted by Crippen LogP contribution is -2.68. The van der Waals surface area contributed by atoms with Crippen molar-refractivity contribution in [3.63, 3.8) is 0 Å². The monoisotopic (exact) mass is 660 g/mol. The number of piperazine rings is 1. The molecule has 11 nitrogen and oxygen atoms in total. The molecule has 2 bridgehead atoms. The fraction of sp³-hybridized carbons (Fsp3) is 0.286. The fourth-order valence-corrected chi connectivity index (χ4v) is 12.6. The summed E-state index contributed by atoms with van der Waals surface area (Å²) in [4.78, 5) is 54.3. The molecule has 0 aromatic heterocycles. The Morgan fingerprint density at radius 3 is 2.53 bits per heavy atom. The molecule has 0 saturated carbocycles. The minimum absolute atomic E-state index is 0.145. The number of nitrogens with zero attached hydrogens (tertiary/aromatic N) is 2. The van der Waals surface area contributed by atoms with Gasteiger partial charge in [0.15, 0.2) is 33.2 Å². The summed E-state index contributed by atoms with van der Waals surface area (Å²) in [6.45, 7) is 0. The molecule has 1 spiro atoms. The Morgan fingerprint density at radius 2 is 1.79 bits per heavy atom. The summed E-state index contributed by atoms with van der Waals surface area (Å²) < 4.78 is 28.4. The first-order valence-electron chi connectivity index (χ1n) is 12.8. The highest BCUT2D eigenvalue weighted by Crippen LogP contribution is 2.62. The summed E-state index contributed by atoms with van der Waals surface area (Å²) in [6.07, 6.45) is 4.46. The maximum Gasteiger partial charge on any atom is 0.338 e. The van der Waals surface area contributed by atoms with Gasteiger partial charge < -0.3 is 33.5 Å². The first-order valence-corrected chi connectivity index (χ1v) is 17.7. The molecule has 5 heterocycles. The lowest BCUT2D eigenvalue weighted by atomic mass is 10.0. The van der Waals surface area contributed by atoms with Crippen LogP contribution < -0.4 is 14.2 Å². The second-order valence-electron chi connectivity index (χ2n) is 9.72. The number of benzene rings is 2. The quantitative estimate of drug-likeness (QED) is 0.224. The molecule has 4 fully saturated rings. The van der Waals surface area contributed by atoms with Crippen LogP contribution in [0.3, 0.4) is 0 Å². The van der Waals surface area contributed by atoms with E-state index in [2.05, 4.69) is 0 Å². The first kappa shape index (κ1) is 29.7. The lowest BCUT2D eigenvalue weighted by molar-refractivity contribution is -0.159. The van der Waals surface area contributed by atoms with Crippen molar-refractivity contribution in [3.05, 3.63) is 71.7 Å². The van der Waals surface area contributed by atoms with E-state index >= 15 is 0 Å². The van der Waals surface area contributed by atoms with Crippen LogP contribution in [0, 0.1) is 0 Å². The van der Waals surface area contributed by atoms with Crippen molar-refractivity contribution >= 4 is 65.3 Å². The highest BCUT2D eigenvalue weighted by atomic mass is 33.7. The summed E-state index contributed by atoms with van der Waals surface area (Å²) in [7, 11) is 10.1. The predicted octanol–water partition coefficient (Wildman–Crippen LogP) is 5.05. The van der Waals surface area contributed by atoms with Crippen molar-refractivity contribution in [1.82, 2.24) is 9.80 Å². The average molecular weight is 661 g/mol. The highest BCUT2D eigenvalue weighted by Gasteiger charge is 2.66. The van der Waals surface area contributed by atoms with E-state index in [1.54, 1.807) is 36.2 Å². The van der Waals surface area contributed by atoms with Gasteiger partial charge in [-0.25, -0.2) is 4.79 Å². The number of hydrogen-bond donors (Lipinski definition) is 0. The van der Waals surface area contributed by atoms with Crippen molar-refractivity contribution in [1.29, 1.82) is 0 Å². The molecule has 7 rings (SSSR count). The third-order valence-electron chi connectivity index (χ3n) is 7.34. The molecule has 4 atom stereocenters. The van der Waals surface area contributed by atoms with Gasteiger partial charge in [-0.2, -0.15) is 0 Å². The Bertz CT molecular complexity index is 1570. The molecule has 4 saturated heterocycles. The molecule has 224 valence electrons. The Kier molecular flexibility index (Phi) is 8.24. The number of ether oxygens (including phenoxy) is 5. The second kappa shape index (κ2) is 11.9. The molecular weight excluding hydrogens is 637 g/mol. The van der Waals surface area contributed by atoms with Gasteiger partial charge in [-0.05, 0) is 89.3 Å². The molecule has 2 aromatic rings. The van der Waals surface area contributed by atoms with Crippen LogP contribution in [0.1, 0.15) is 27.1 Å². The molecular formula is C28H24N2O9S4. The van der Waals surface area contributed by atoms with Crippen LogP contribution in [0.15, 0.2) is 60.6 Å². The maximum atomic E-state index is 13.8. The topological polar surface area (TPSA) is 121 Å². The second-order valence-corrected chi connectivity index (χ2v) is 15.8. The molecule has 0 radical (unpaired) electrons. The number of hydrogen-bond acceptors (Lipinski definition) is 13. The van der Waals surface area contributed by atoms with Gasteiger partial charge in [-0.15, -0.1) is 0 Å². The van der Waals surface area contributed by atoms with E-state index in [1.807, 2.05) is 0 Å². The van der Waals surface area contributed by atoms with E-state index in [9.17, 15) is 19.2 Å². The van der Waals surface area contributed by atoms with Gasteiger partial charge >= 0.3 is 5.97 Å². The number of aldehydes is 1. The van der Waals surface area contributed by atoms with Crippen LogP contribution in [0.2, 0.25) is 0 Å². The summed E-state index contributed by atoms with van der Waals surface area (Å²) in [5, 5.41) is -0.709. The molecule has 2 aromatic carbocycles. The number of likely N-dealkylation sites (N-methyl/N-ethyl adjacent to an activating group) is 1. The number of esters is 1. The molecule has 43 heavy (non-hydrogen) atoms. The number of methoxy groups -OCH3 is 2. The summed E-state index contributed by atoms with van der Waals surface area (Å²) in [6, 6.07) is 8.50. The van der Waals surface area contributed by atoms with Gasteiger partial charge in [0, 0.05) is 19.0 Å². The Balaban J connectivity index is 1.31. The smallest absolute Gasteiger partial charge is 0.338 e. The third kappa shape index (κ3) is 5.11. The van der Waals surface area contributed by atoms with E-state index < -0.39 is 28.4 Å². The van der Waals surface area contributed by atoms with Crippen molar-refractivity contribution < 1.29 is 42.9 Å². The van der Waals surface area contributed by atoms with Gasteiger partial charge in [0.2, 0.25) is 0 Å². The van der Waals surface area contributed by atoms with Crippen LogP contribution in [-0.2, 0) is 19.1 Å². The Morgan fingerprint density at radius 1 is 1.05 bits per heavy atom. The zero-order valence-electron chi connectivity index (χ0n) is 22.9. The number of carbonyl (C=O) groups is 4. The number of fused-ring (bicyclic) bond motifs is 5. The van der Waals surface area contributed by atoms with Gasteiger partial charge in [0.1, 0.15) is 12.4 Å². The van der Waals surface area contributed by atoms with Gasteiger partial charge in [-0.1, -0.05) is 0 Å². The van der Waals surface area contributed by atoms with E-state index in [0.717, 1.165) is 0 Å². The third-order valence-corrected chi connectivity index (χ3v) is 14.3. The van der Waals surface area contributed by atoms with Crippen molar-refractivity contribution in [3.8, 4) is 23.0 Å². The van der Waals surface area contributed by atoms with E-state index in [1.165, 1.54) is 91.1 Å². The molecule has 0 N–H and O–H groups in total. The van der Waals surface area contributed by atoms with E-state index in [-0.39, 0.29) is 35.3 Å². The number of carbonyl (C=O) groups excluding carboxylic acids is 4. The predicted molar refractivity (Wildman–Crippen MR) is 164 cm³/mol. The SMILES string of the molecule is COc1ccc(C=O)cc1Oc1cc(C(=O)O[C@H]2C=COC=C3C[C@]45SSSS[C@H](C(=O)N4[C@@H]32)N(C)C5=O)ccc1OC. The lowest BCUT2D eigenvalue weighted by Gasteiger charge is -2.49. The average Bonchev–Trinajstić information content (AvgIpc) is 3.23. The highest BCUT2D eigenvalue weighted by molar-refractivity contribution is 9.26. The molecule has 0 unspecified atom stereocenters. The van der Waals surface area contributed by atoms with Crippen LogP contribution >= 0.6 is 41.2 Å². The van der Waals surface area contributed by atoms with Crippen molar-refractivity contribution in [2.24, 2.45) is 0 Å². The molecule has 5 aliphatic rings. The normalized spacial score (nSPS) is 25.8.